The van der Waals surface area contributed by atoms with E-state index in [4.69, 9.17) is 17.3 Å². The monoisotopic (exact) mass is 277 g/mol. The summed E-state index contributed by atoms with van der Waals surface area (Å²) in [4.78, 5) is 11.3. The Morgan fingerprint density at radius 1 is 1.42 bits per heavy atom. The molecule has 1 aromatic carbocycles. The van der Waals surface area contributed by atoms with E-state index < -0.39 is 0 Å². The molecule has 3 rings (SSSR count). The van der Waals surface area contributed by atoms with Gasteiger partial charge in [0.2, 0.25) is 5.95 Å². The van der Waals surface area contributed by atoms with E-state index in [0.29, 0.717) is 5.02 Å². The molecule has 0 unspecified atom stereocenters. The summed E-state index contributed by atoms with van der Waals surface area (Å²) in [6, 6.07) is 5.85. The highest BCUT2D eigenvalue weighted by molar-refractivity contribution is 6.31. The molecule has 1 aliphatic heterocycles. The van der Waals surface area contributed by atoms with Crippen LogP contribution in [0.4, 0.5) is 11.8 Å². The Morgan fingerprint density at radius 3 is 2.95 bits per heavy atom. The normalized spacial score (nSPS) is 19.1. The number of anilines is 2. The van der Waals surface area contributed by atoms with Crippen LogP contribution in [0.2, 0.25) is 5.02 Å². The maximum atomic E-state index is 6.02. The minimum atomic E-state index is 0.211. The number of rotatable bonds is 2. The van der Waals surface area contributed by atoms with E-state index in [-0.39, 0.29) is 6.04 Å². The molecule has 100 valence electrons. The van der Waals surface area contributed by atoms with Crippen LogP contribution in [0.25, 0.3) is 10.9 Å². The molecule has 6 heteroatoms. The molecule has 1 saturated heterocycles. The molecule has 5 nitrogen and oxygen atoms in total. The lowest BCUT2D eigenvalue weighted by Crippen LogP contribution is -2.27. The van der Waals surface area contributed by atoms with Crippen LogP contribution >= 0.6 is 11.6 Å². The zero-order valence-electron chi connectivity index (χ0n) is 10.7. The van der Waals surface area contributed by atoms with E-state index in [9.17, 15) is 0 Å². The third kappa shape index (κ3) is 2.31. The summed E-state index contributed by atoms with van der Waals surface area (Å²) < 4.78 is 0. The van der Waals surface area contributed by atoms with Gasteiger partial charge in [-0.1, -0.05) is 11.6 Å². The quantitative estimate of drug-likeness (QED) is 0.877. The summed E-state index contributed by atoms with van der Waals surface area (Å²) in [6.07, 6.45) is 0.983. The fourth-order valence-electron chi connectivity index (χ4n) is 2.39. The van der Waals surface area contributed by atoms with E-state index in [1.165, 1.54) is 0 Å². The van der Waals surface area contributed by atoms with Crippen LogP contribution in [0.3, 0.4) is 0 Å². The molecule has 0 radical (unpaired) electrons. The number of nitrogens with one attached hydrogen (secondary N) is 1. The van der Waals surface area contributed by atoms with Gasteiger partial charge >= 0.3 is 0 Å². The molecule has 0 spiro atoms. The van der Waals surface area contributed by atoms with Gasteiger partial charge in [0.25, 0.3) is 0 Å². The van der Waals surface area contributed by atoms with E-state index in [1.807, 2.05) is 25.2 Å². The maximum Gasteiger partial charge on any atom is 0.227 e. The number of halogens is 1. The smallest absolute Gasteiger partial charge is 0.227 e. The van der Waals surface area contributed by atoms with Crippen LogP contribution in [0.5, 0.6) is 0 Å². The number of hydrogen-bond donors (Lipinski definition) is 2. The molecule has 0 saturated carbocycles. The van der Waals surface area contributed by atoms with Gasteiger partial charge in [-0.2, -0.15) is 4.98 Å². The lowest BCUT2D eigenvalue weighted by Gasteiger charge is -2.17. The molecule has 1 fully saturated rings. The van der Waals surface area contributed by atoms with Gasteiger partial charge in [0, 0.05) is 36.6 Å². The first-order valence-corrected chi connectivity index (χ1v) is 6.71. The minimum absolute atomic E-state index is 0.211. The Morgan fingerprint density at radius 2 is 2.26 bits per heavy atom. The second kappa shape index (κ2) is 4.83. The van der Waals surface area contributed by atoms with Crippen LogP contribution in [0, 0.1) is 0 Å². The zero-order valence-corrected chi connectivity index (χ0v) is 11.5. The molecule has 1 aliphatic rings. The van der Waals surface area contributed by atoms with E-state index in [2.05, 4.69) is 20.2 Å². The van der Waals surface area contributed by atoms with Crippen molar-refractivity contribution in [3.05, 3.63) is 23.2 Å². The first kappa shape index (κ1) is 12.4. The van der Waals surface area contributed by atoms with Crippen LogP contribution in [0.15, 0.2) is 18.2 Å². The van der Waals surface area contributed by atoms with Gasteiger partial charge in [-0.25, -0.2) is 4.98 Å². The molecule has 0 bridgehead atoms. The molecular weight excluding hydrogens is 262 g/mol. The highest BCUT2D eigenvalue weighted by Gasteiger charge is 2.22. The van der Waals surface area contributed by atoms with Crippen molar-refractivity contribution in [2.45, 2.75) is 12.5 Å². The van der Waals surface area contributed by atoms with E-state index >= 15 is 0 Å². The van der Waals surface area contributed by atoms with Crippen molar-refractivity contribution in [2.75, 3.05) is 30.4 Å². The number of nitrogens with two attached hydrogens (primary N) is 1. The molecule has 1 atom stereocenters. The van der Waals surface area contributed by atoms with Gasteiger partial charge in [0.05, 0.1) is 5.52 Å². The summed E-state index contributed by atoms with van der Waals surface area (Å²) in [5.74, 6) is 1.52. The highest BCUT2D eigenvalue weighted by Crippen LogP contribution is 2.27. The third-order valence-electron chi connectivity index (χ3n) is 3.39. The molecule has 2 aromatic rings. The van der Waals surface area contributed by atoms with Crippen molar-refractivity contribution in [3.8, 4) is 0 Å². The Bertz CT molecular complexity index is 615. The Labute approximate surface area is 116 Å². The summed E-state index contributed by atoms with van der Waals surface area (Å²) >= 11 is 6.02. The Kier molecular flexibility index (Phi) is 3.16. The molecular formula is C13H16ClN5. The Hall–Kier alpha value is -1.59. The standard InChI is InChI=1S/C13H16ClN5/c1-16-12-10-6-8(14)2-3-11(10)17-13(18-12)19-5-4-9(15)7-19/h2-3,6,9H,4-5,7,15H2,1H3,(H,16,17,18)/t9-/m0/s1. The third-order valence-corrected chi connectivity index (χ3v) is 3.63. The summed E-state index contributed by atoms with van der Waals surface area (Å²) in [5.41, 5.74) is 6.82. The first-order chi connectivity index (χ1) is 9.17. The molecule has 0 amide bonds. The van der Waals surface area contributed by atoms with Crippen molar-refractivity contribution in [1.29, 1.82) is 0 Å². The topological polar surface area (TPSA) is 67.1 Å². The maximum absolute atomic E-state index is 6.02. The number of fused-ring (bicyclic) bond motifs is 1. The molecule has 3 N–H and O–H groups in total. The average molecular weight is 278 g/mol. The van der Waals surface area contributed by atoms with Gasteiger partial charge in [-0.15, -0.1) is 0 Å². The summed E-state index contributed by atoms with van der Waals surface area (Å²) in [7, 11) is 1.85. The van der Waals surface area contributed by atoms with Gasteiger partial charge in [0.1, 0.15) is 5.82 Å². The van der Waals surface area contributed by atoms with Gasteiger partial charge in [0.15, 0.2) is 0 Å². The molecule has 1 aromatic heterocycles. The van der Waals surface area contributed by atoms with Crippen molar-refractivity contribution in [1.82, 2.24) is 9.97 Å². The summed E-state index contributed by atoms with van der Waals surface area (Å²) in [6.45, 7) is 1.71. The fraction of sp³-hybridized carbons (Fsp3) is 0.385. The average Bonchev–Trinajstić information content (AvgIpc) is 2.84. The predicted octanol–water partition coefficient (Wildman–Crippen LogP) is 1.86. The second-order valence-corrected chi connectivity index (χ2v) is 5.21. The number of hydrogen-bond acceptors (Lipinski definition) is 5. The van der Waals surface area contributed by atoms with E-state index in [0.717, 1.165) is 42.2 Å². The SMILES string of the molecule is CNc1nc(N2CC[C@H](N)C2)nc2ccc(Cl)cc12. The van der Waals surface area contributed by atoms with Crippen LogP contribution in [-0.2, 0) is 0 Å². The minimum Gasteiger partial charge on any atom is -0.372 e. The molecule has 2 heterocycles. The van der Waals surface area contributed by atoms with Crippen molar-refractivity contribution in [2.24, 2.45) is 5.73 Å². The zero-order chi connectivity index (χ0) is 13.4. The van der Waals surface area contributed by atoms with Crippen molar-refractivity contribution >= 4 is 34.3 Å². The molecule has 19 heavy (non-hydrogen) atoms. The van der Waals surface area contributed by atoms with Gasteiger partial charge in [-0.05, 0) is 24.6 Å². The van der Waals surface area contributed by atoms with Crippen LogP contribution < -0.4 is 16.0 Å². The molecule has 0 aliphatic carbocycles. The van der Waals surface area contributed by atoms with Gasteiger partial charge in [-0.3, -0.25) is 0 Å². The van der Waals surface area contributed by atoms with E-state index in [1.54, 1.807) is 0 Å². The largest absolute Gasteiger partial charge is 0.372 e. The lowest BCUT2D eigenvalue weighted by molar-refractivity contribution is 0.750. The van der Waals surface area contributed by atoms with Crippen LogP contribution in [0.1, 0.15) is 6.42 Å². The number of benzene rings is 1. The first-order valence-electron chi connectivity index (χ1n) is 6.33. The lowest BCUT2D eigenvalue weighted by atomic mass is 10.2. The second-order valence-electron chi connectivity index (χ2n) is 4.78. The predicted molar refractivity (Wildman–Crippen MR) is 78.9 cm³/mol. The number of nitrogens with zero attached hydrogens (tertiary/aromatic N) is 3. The highest BCUT2D eigenvalue weighted by atomic mass is 35.5. The van der Waals surface area contributed by atoms with Crippen molar-refractivity contribution < 1.29 is 0 Å². The van der Waals surface area contributed by atoms with Crippen LogP contribution in [-0.4, -0.2) is 36.1 Å². The number of aromatic nitrogens is 2. The van der Waals surface area contributed by atoms with Gasteiger partial charge < -0.3 is 16.0 Å². The fourth-order valence-corrected chi connectivity index (χ4v) is 2.56. The summed E-state index contributed by atoms with van der Waals surface area (Å²) in [5, 5.41) is 4.72. The Balaban J connectivity index is 2.09. The van der Waals surface area contributed by atoms with Crippen molar-refractivity contribution in [3.63, 3.8) is 0 Å².